The third-order valence-electron chi connectivity index (χ3n) is 6.12. The standard InChI is InChI=1S/C24H30N4O4/c1-16-21(18(3)31-25-16)14-28(15-22-17(2)26-32-19(22)4)23(20-8-6-5-7-9-20)24(29)27-10-12-30-13-11-27/h5-9,23H,10-15H2,1-4H3/t23-/m0/s1. The van der Waals surface area contributed by atoms with Gasteiger partial charge in [-0.15, -0.1) is 0 Å². The predicted octanol–water partition coefficient (Wildman–Crippen LogP) is 3.50. The Labute approximate surface area is 188 Å². The first kappa shape index (κ1) is 22.2. The van der Waals surface area contributed by atoms with Crippen LogP contribution in [-0.2, 0) is 22.6 Å². The molecule has 1 aliphatic heterocycles. The summed E-state index contributed by atoms with van der Waals surface area (Å²) < 4.78 is 16.3. The lowest BCUT2D eigenvalue weighted by Gasteiger charge is -2.36. The highest BCUT2D eigenvalue weighted by molar-refractivity contribution is 5.83. The molecule has 1 amide bonds. The van der Waals surface area contributed by atoms with Crippen molar-refractivity contribution in [3.63, 3.8) is 0 Å². The summed E-state index contributed by atoms with van der Waals surface area (Å²) in [4.78, 5) is 18.0. The van der Waals surface area contributed by atoms with E-state index in [1.54, 1.807) is 0 Å². The number of aryl methyl sites for hydroxylation is 4. The topological polar surface area (TPSA) is 84.8 Å². The zero-order chi connectivity index (χ0) is 22.7. The molecule has 1 aromatic carbocycles. The van der Waals surface area contributed by atoms with Crippen LogP contribution < -0.4 is 0 Å². The summed E-state index contributed by atoms with van der Waals surface area (Å²) in [5.74, 6) is 1.59. The van der Waals surface area contributed by atoms with Crippen LogP contribution in [0.5, 0.6) is 0 Å². The van der Waals surface area contributed by atoms with Gasteiger partial charge in [0.25, 0.3) is 0 Å². The van der Waals surface area contributed by atoms with Crippen LogP contribution in [0, 0.1) is 27.7 Å². The summed E-state index contributed by atoms with van der Waals surface area (Å²) >= 11 is 0. The van der Waals surface area contributed by atoms with E-state index in [0.29, 0.717) is 39.4 Å². The lowest BCUT2D eigenvalue weighted by molar-refractivity contribution is -0.142. The first-order chi connectivity index (χ1) is 15.5. The van der Waals surface area contributed by atoms with Gasteiger partial charge in [0.05, 0.1) is 24.6 Å². The van der Waals surface area contributed by atoms with E-state index in [1.165, 1.54) is 0 Å². The van der Waals surface area contributed by atoms with Crippen molar-refractivity contribution in [1.29, 1.82) is 0 Å². The highest BCUT2D eigenvalue weighted by Crippen LogP contribution is 2.30. The maximum Gasteiger partial charge on any atom is 0.244 e. The Morgan fingerprint density at radius 3 is 1.94 bits per heavy atom. The number of rotatable bonds is 7. The van der Waals surface area contributed by atoms with Crippen LogP contribution in [0.3, 0.4) is 0 Å². The molecule has 0 bridgehead atoms. The Bertz CT molecular complexity index is 966. The molecule has 0 unspecified atom stereocenters. The molecule has 170 valence electrons. The molecule has 0 radical (unpaired) electrons. The molecule has 0 saturated carbocycles. The molecule has 1 fully saturated rings. The Kier molecular flexibility index (Phi) is 6.72. The number of hydrogen-bond donors (Lipinski definition) is 0. The average molecular weight is 439 g/mol. The van der Waals surface area contributed by atoms with Crippen LogP contribution in [0.1, 0.15) is 45.6 Å². The second kappa shape index (κ2) is 9.67. The molecule has 0 spiro atoms. The molecule has 8 heteroatoms. The fourth-order valence-electron chi connectivity index (χ4n) is 4.20. The van der Waals surface area contributed by atoms with Crippen molar-refractivity contribution >= 4 is 5.91 Å². The highest BCUT2D eigenvalue weighted by Gasteiger charge is 2.34. The fourth-order valence-corrected chi connectivity index (χ4v) is 4.20. The van der Waals surface area contributed by atoms with Crippen LogP contribution in [0.25, 0.3) is 0 Å². The van der Waals surface area contributed by atoms with Crippen molar-refractivity contribution in [3.05, 3.63) is 69.9 Å². The molecule has 4 rings (SSSR count). The van der Waals surface area contributed by atoms with Crippen molar-refractivity contribution in [1.82, 2.24) is 20.1 Å². The maximum absolute atomic E-state index is 13.9. The van der Waals surface area contributed by atoms with E-state index >= 15 is 0 Å². The van der Waals surface area contributed by atoms with Gasteiger partial charge in [-0.3, -0.25) is 9.69 Å². The summed E-state index contributed by atoms with van der Waals surface area (Å²) in [6.45, 7) is 11.0. The number of ether oxygens (including phenoxy) is 1. The molecule has 1 saturated heterocycles. The number of benzene rings is 1. The Morgan fingerprint density at radius 1 is 0.938 bits per heavy atom. The van der Waals surface area contributed by atoms with Gasteiger partial charge in [-0.25, -0.2) is 0 Å². The van der Waals surface area contributed by atoms with Gasteiger partial charge in [0.15, 0.2) is 0 Å². The fraction of sp³-hybridized carbons (Fsp3) is 0.458. The SMILES string of the molecule is Cc1noc(C)c1CN(Cc1c(C)noc1C)[C@H](C(=O)N1CCOCC1)c1ccccc1. The molecule has 8 nitrogen and oxygen atoms in total. The van der Waals surface area contributed by atoms with Gasteiger partial charge in [0.1, 0.15) is 17.6 Å². The van der Waals surface area contributed by atoms with Crippen molar-refractivity contribution in [2.45, 2.75) is 46.8 Å². The van der Waals surface area contributed by atoms with E-state index in [1.807, 2.05) is 62.9 Å². The summed E-state index contributed by atoms with van der Waals surface area (Å²) in [5.41, 5.74) is 4.59. The number of amides is 1. The monoisotopic (exact) mass is 438 g/mol. The van der Waals surface area contributed by atoms with Gasteiger partial charge in [0.2, 0.25) is 5.91 Å². The number of hydrogen-bond acceptors (Lipinski definition) is 7. The lowest BCUT2D eigenvalue weighted by atomic mass is 10.0. The molecule has 2 aromatic heterocycles. The summed E-state index contributed by atoms with van der Waals surface area (Å²) in [6, 6.07) is 9.45. The Balaban J connectivity index is 1.76. The van der Waals surface area contributed by atoms with E-state index in [2.05, 4.69) is 15.2 Å². The molecule has 3 aromatic rings. The number of aromatic nitrogens is 2. The van der Waals surface area contributed by atoms with E-state index in [9.17, 15) is 4.79 Å². The number of carbonyl (C=O) groups excluding carboxylic acids is 1. The van der Waals surface area contributed by atoms with E-state index < -0.39 is 6.04 Å². The Hall–Kier alpha value is -2.97. The number of nitrogens with zero attached hydrogens (tertiary/aromatic N) is 4. The van der Waals surface area contributed by atoms with Gasteiger partial charge >= 0.3 is 0 Å². The van der Waals surface area contributed by atoms with Crippen molar-refractivity contribution in [2.75, 3.05) is 26.3 Å². The van der Waals surface area contributed by atoms with E-state index in [0.717, 1.165) is 39.6 Å². The molecule has 3 heterocycles. The third-order valence-corrected chi connectivity index (χ3v) is 6.12. The molecular weight excluding hydrogens is 408 g/mol. The molecule has 0 aliphatic carbocycles. The van der Waals surface area contributed by atoms with Crippen LogP contribution in [0.2, 0.25) is 0 Å². The largest absolute Gasteiger partial charge is 0.378 e. The van der Waals surface area contributed by atoms with Gasteiger partial charge < -0.3 is 18.7 Å². The first-order valence-corrected chi connectivity index (χ1v) is 10.9. The van der Waals surface area contributed by atoms with Crippen LogP contribution >= 0.6 is 0 Å². The molecular formula is C24H30N4O4. The molecule has 32 heavy (non-hydrogen) atoms. The van der Waals surface area contributed by atoms with Crippen LogP contribution in [-0.4, -0.2) is 52.3 Å². The highest BCUT2D eigenvalue weighted by atomic mass is 16.5. The lowest BCUT2D eigenvalue weighted by Crippen LogP contribution is -2.47. The van der Waals surface area contributed by atoms with E-state index in [4.69, 9.17) is 13.8 Å². The Morgan fingerprint density at radius 2 is 1.47 bits per heavy atom. The summed E-state index contributed by atoms with van der Waals surface area (Å²) in [7, 11) is 0. The van der Waals surface area contributed by atoms with Crippen molar-refractivity contribution in [3.8, 4) is 0 Å². The zero-order valence-electron chi connectivity index (χ0n) is 19.1. The van der Waals surface area contributed by atoms with Gasteiger partial charge in [-0.1, -0.05) is 40.6 Å². The predicted molar refractivity (Wildman–Crippen MR) is 118 cm³/mol. The van der Waals surface area contributed by atoms with Gasteiger partial charge in [-0.05, 0) is 33.3 Å². The minimum atomic E-state index is -0.475. The smallest absolute Gasteiger partial charge is 0.244 e. The van der Waals surface area contributed by atoms with E-state index in [-0.39, 0.29) is 5.91 Å². The minimum Gasteiger partial charge on any atom is -0.378 e. The van der Waals surface area contributed by atoms with Crippen molar-refractivity contribution in [2.24, 2.45) is 0 Å². The average Bonchev–Trinajstić information content (AvgIpc) is 3.30. The first-order valence-electron chi connectivity index (χ1n) is 10.9. The zero-order valence-corrected chi connectivity index (χ0v) is 19.1. The number of carbonyl (C=O) groups is 1. The summed E-state index contributed by atoms with van der Waals surface area (Å²) in [5, 5.41) is 8.25. The van der Waals surface area contributed by atoms with Gasteiger partial charge in [-0.2, -0.15) is 0 Å². The van der Waals surface area contributed by atoms with Crippen molar-refractivity contribution < 1.29 is 18.6 Å². The quantitative estimate of drug-likeness (QED) is 0.558. The molecule has 1 atom stereocenters. The van der Waals surface area contributed by atoms with Crippen LogP contribution in [0.15, 0.2) is 39.4 Å². The number of morpholine rings is 1. The maximum atomic E-state index is 13.9. The minimum absolute atomic E-state index is 0.0676. The summed E-state index contributed by atoms with van der Waals surface area (Å²) in [6.07, 6.45) is 0. The van der Waals surface area contributed by atoms with Crippen LogP contribution in [0.4, 0.5) is 0 Å². The molecule has 1 aliphatic rings. The van der Waals surface area contributed by atoms with Gasteiger partial charge in [0, 0.05) is 37.3 Å². The second-order valence-electron chi connectivity index (χ2n) is 8.26. The normalized spacial score (nSPS) is 15.3. The molecule has 0 N–H and O–H groups in total. The third kappa shape index (κ3) is 4.61. The second-order valence-corrected chi connectivity index (χ2v) is 8.26.